The highest BCUT2D eigenvalue weighted by Crippen LogP contribution is 2.23. The number of aliphatic hydroxyl groups is 1. The normalized spacial score (nSPS) is 21.9. The molecule has 4 N–H and O–H groups in total. The van der Waals surface area contributed by atoms with Gasteiger partial charge in [0.2, 0.25) is 0 Å². The number of amides is 2. The molecule has 0 radical (unpaired) electrons. The number of urea groups is 1. The Hall–Kier alpha value is -1.82. The molecule has 1 aliphatic carbocycles. The van der Waals surface area contributed by atoms with Crippen LogP contribution in [0, 0.1) is 11.7 Å². The third kappa shape index (κ3) is 4.59. The second-order valence-corrected chi connectivity index (χ2v) is 5.80. The molecule has 1 fully saturated rings. The van der Waals surface area contributed by atoms with Crippen LogP contribution in [0.5, 0.6) is 5.75 Å². The summed E-state index contributed by atoms with van der Waals surface area (Å²) in [6.45, 7) is 0.258. The van der Waals surface area contributed by atoms with Gasteiger partial charge in [-0.05, 0) is 30.5 Å². The lowest BCUT2D eigenvalue weighted by atomic mass is 9.96. The van der Waals surface area contributed by atoms with Gasteiger partial charge in [-0.15, -0.1) is 0 Å². The Morgan fingerprint density at radius 1 is 1.27 bits per heavy atom. The fraction of sp³-hybridized carbons (Fsp3) is 0.562. The number of phenolic OH excluding ortho intramolecular Hbond substituents is 1. The maximum Gasteiger partial charge on any atom is 0.315 e. The predicted octanol–water partition coefficient (Wildman–Crippen LogP) is 2.27. The third-order valence-electron chi connectivity index (χ3n) is 4.18. The largest absolute Gasteiger partial charge is 0.505 e. The van der Waals surface area contributed by atoms with Crippen LogP contribution in [0.4, 0.5) is 9.18 Å². The molecular formula is C16H23FN2O3. The van der Waals surface area contributed by atoms with Crippen LogP contribution < -0.4 is 10.6 Å². The SMILES string of the molecule is O=C(NCc1ccc(O)c(F)c1)NC1CCCCCC1CO. The summed E-state index contributed by atoms with van der Waals surface area (Å²) >= 11 is 0. The van der Waals surface area contributed by atoms with Gasteiger partial charge < -0.3 is 20.8 Å². The van der Waals surface area contributed by atoms with E-state index in [4.69, 9.17) is 5.11 Å². The molecule has 22 heavy (non-hydrogen) atoms. The summed E-state index contributed by atoms with van der Waals surface area (Å²) in [5.74, 6) is -1.01. The Morgan fingerprint density at radius 3 is 2.77 bits per heavy atom. The minimum Gasteiger partial charge on any atom is -0.505 e. The van der Waals surface area contributed by atoms with Crippen LogP contribution in [0.2, 0.25) is 0 Å². The smallest absolute Gasteiger partial charge is 0.315 e. The van der Waals surface area contributed by atoms with Crippen molar-refractivity contribution in [2.45, 2.75) is 44.7 Å². The molecule has 2 unspecified atom stereocenters. The van der Waals surface area contributed by atoms with Gasteiger partial charge in [0.05, 0.1) is 0 Å². The average molecular weight is 310 g/mol. The van der Waals surface area contributed by atoms with Crippen molar-refractivity contribution in [1.82, 2.24) is 10.6 Å². The van der Waals surface area contributed by atoms with Crippen LogP contribution in [0.1, 0.15) is 37.7 Å². The quantitative estimate of drug-likeness (QED) is 0.644. The van der Waals surface area contributed by atoms with Crippen molar-refractivity contribution in [3.05, 3.63) is 29.6 Å². The summed E-state index contributed by atoms with van der Waals surface area (Å²) in [6, 6.07) is 3.67. The van der Waals surface area contributed by atoms with Crippen LogP contribution in [0.3, 0.4) is 0 Å². The lowest BCUT2D eigenvalue weighted by Crippen LogP contribution is -2.45. The number of rotatable bonds is 4. The zero-order valence-electron chi connectivity index (χ0n) is 12.5. The first kappa shape index (κ1) is 16.5. The number of carbonyl (C=O) groups excluding carboxylic acids is 1. The van der Waals surface area contributed by atoms with Crippen molar-refractivity contribution in [2.75, 3.05) is 6.61 Å². The van der Waals surface area contributed by atoms with E-state index in [2.05, 4.69) is 10.6 Å². The molecule has 1 aromatic rings. The molecule has 2 amide bonds. The molecule has 0 spiro atoms. The van der Waals surface area contributed by atoms with Crippen molar-refractivity contribution in [3.8, 4) is 5.75 Å². The molecule has 0 aromatic heterocycles. The molecule has 1 saturated carbocycles. The zero-order chi connectivity index (χ0) is 15.9. The van der Waals surface area contributed by atoms with Gasteiger partial charge in [0.1, 0.15) is 0 Å². The second-order valence-electron chi connectivity index (χ2n) is 5.80. The summed E-state index contributed by atoms with van der Waals surface area (Å²) < 4.78 is 13.2. The van der Waals surface area contributed by atoms with Crippen molar-refractivity contribution >= 4 is 6.03 Å². The molecule has 5 nitrogen and oxygen atoms in total. The number of nitrogens with one attached hydrogen (secondary N) is 2. The highest BCUT2D eigenvalue weighted by molar-refractivity contribution is 5.74. The van der Waals surface area contributed by atoms with Crippen molar-refractivity contribution in [3.63, 3.8) is 0 Å². The van der Waals surface area contributed by atoms with E-state index in [1.54, 1.807) is 6.07 Å². The number of aromatic hydroxyl groups is 1. The molecule has 0 bridgehead atoms. The molecule has 0 saturated heterocycles. The van der Waals surface area contributed by atoms with E-state index in [1.165, 1.54) is 12.1 Å². The maximum atomic E-state index is 13.2. The molecular weight excluding hydrogens is 287 g/mol. The topological polar surface area (TPSA) is 81.6 Å². The van der Waals surface area contributed by atoms with E-state index < -0.39 is 11.6 Å². The fourth-order valence-corrected chi connectivity index (χ4v) is 2.86. The van der Waals surface area contributed by atoms with Gasteiger partial charge in [-0.2, -0.15) is 0 Å². The first-order valence-corrected chi connectivity index (χ1v) is 7.72. The molecule has 0 heterocycles. The van der Waals surface area contributed by atoms with Crippen LogP contribution in [-0.4, -0.2) is 28.9 Å². The minimum atomic E-state index is -0.705. The van der Waals surface area contributed by atoms with E-state index in [9.17, 15) is 14.3 Å². The standard InChI is InChI=1S/C16H23FN2O3/c17-13-8-11(6-7-15(13)21)9-18-16(22)19-14-5-3-1-2-4-12(14)10-20/h6-8,12,14,20-21H,1-5,9-10H2,(H2,18,19,22). The summed E-state index contributed by atoms with van der Waals surface area (Å²) in [7, 11) is 0. The number of halogens is 1. The lowest BCUT2D eigenvalue weighted by molar-refractivity contribution is 0.179. The number of hydrogen-bond acceptors (Lipinski definition) is 3. The van der Waals surface area contributed by atoms with E-state index >= 15 is 0 Å². The molecule has 0 aliphatic heterocycles. The Labute approximate surface area is 129 Å². The Balaban J connectivity index is 1.84. The monoisotopic (exact) mass is 310 g/mol. The van der Waals surface area contributed by atoms with Gasteiger partial charge >= 0.3 is 6.03 Å². The van der Waals surface area contributed by atoms with Crippen LogP contribution in [0.15, 0.2) is 18.2 Å². The van der Waals surface area contributed by atoms with Gasteiger partial charge in [0.25, 0.3) is 0 Å². The van der Waals surface area contributed by atoms with Crippen LogP contribution >= 0.6 is 0 Å². The predicted molar refractivity (Wildman–Crippen MR) is 80.9 cm³/mol. The second kappa shape index (κ2) is 7.98. The van der Waals surface area contributed by atoms with E-state index in [-0.39, 0.29) is 31.1 Å². The molecule has 6 heteroatoms. The molecule has 2 atom stereocenters. The van der Waals surface area contributed by atoms with Gasteiger partial charge in [-0.25, -0.2) is 9.18 Å². The van der Waals surface area contributed by atoms with Crippen molar-refractivity contribution in [2.24, 2.45) is 5.92 Å². The molecule has 2 rings (SSSR count). The maximum absolute atomic E-state index is 13.2. The molecule has 1 aliphatic rings. The van der Waals surface area contributed by atoms with Gasteiger partial charge in [-0.1, -0.05) is 25.3 Å². The number of hydrogen-bond donors (Lipinski definition) is 4. The van der Waals surface area contributed by atoms with Crippen LogP contribution in [0.25, 0.3) is 0 Å². The van der Waals surface area contributed by atoms with Crippen LogP contribution in [-0.2, 0) is 6.54 Å². The van der Waals surface area contributed by atoms with Gasteiger partial charge in [-0.3, -0.25) is 0 Å². The van der Waals surface area contributed by atoms with Crippen molar-refractivity contribution in [1.29, 1.82) is 0 Å². The number of aliphatic hydroxyl groups excluding tert-OH is 1. The Bertz CT molecular complexity index is 510. The highest BCUT2D eigenvalue weighted by Gasteiger charge is 2.24. The number of carbonyl (C=O) groups is 1. The number of benzene rings is 1. The molecule has 1 aromatic carbocycles. The van der Waals surface area contributed by atoms with E-state index in [1.807, 2.05) is 0 Å². The van der Waals surface area contributed by atoms with Crippen molar-refractivity contribution < 1.29 is 19.4 Å². The lowest BCUT2D eigenvalue weighted by Gasteiger charge is -2.24. The summed E-state index contributed by atoms with van der Waals surface area (Å²) in [5, 5.41) is 24.1. The fourth-order valence-electron chi connectivity index (χ4n) is 2.86. The summed E-state index contributed by atoms with van der Waals surface area (Å²) in [4.78, 5) is 12.0. The highest BCUT2D eigenvalue weighted by atomic mass is 19.1. The van der Waals surface area contributed by atoms with Gasteiger partial charge in [0, 0.05) is 25.1 Å². The van der Waals surface area contributed by atoms with Gasteiger partial charge in [0.15, 0.2) is 11.6 Å². The zero-order valence-corrected chi connectivity index (χ0v) is 12.5. The first-order chi connectivity index (χ1) is 10.6. The Morgan fingerprint density at radius 2 is 2.05 bits per heavy atom. The number of phenols is 1. The Kier molecular flexibility index (Phi) is 6.00. The van der Waals surface area contributed by atoms with E-state index in [0.717, 1.165) is 32.1 Å². The van der Waals surface area contributed by atoms with E-state index in [0.29, 0.717) is 5.56 Å². The third-order valence-corrected chi connectivity index (χ3v) is 4.18. The molecule has 122 valence electrons. The average Bonchev–Trinajstić information content (AvgIpc) is 2.73. The summed E-state index contributed by atoms with van der Waals surface area (Å²) in [6.07, 6.45) is 5.04. The summed E-state index contributed by atoms with van der Waals surface area (Å²) in [5.41, 5.74) is 0.574. The minimum absolute atomic E-state index is 0.0240. The first-order valence-electron chi connectivity index (χ1n) is 7.72.